The summed E-state index contributed by atoms with van der Waals surface area (Å²) in [5.74, 6) is 1.22. The average Bonchev–Trinajstić information content (AvgIpc) is 3.36. The maximum atomic E-state index is 12.8. The lowest BCUT2D eigenvalue weighted by Gasteiger charge is -2.24. The molecule has 4 rings (SSSR count). The van der Waals surface area contributed by atoms with Gasteiger partial charge in [0.1, 0.15) is 0 Å². The van der Waals surface area contributed by atoms with Crippen LogP contribution in [0.4, 0.5) is 0 Å². The van der Waals surface area contributed by atoms with Gasteiger partial charge in [0.25, 0.3) is 0 Å². The zero-order valence-electron chi connectivity index (χ0n) is 14.5. The number of aromatic nitrogens is 2. The Bertz CT molecular complexity index is 730. The lowest BCUT2D eigenvalue weighted by atomic mass is 9.93. The number of nitrogens with zero attached hydrogens (tertiary/aromatic N) is 3. The van der Waals surface area contributed by atoms with Crippen molar-refractivity contribution in [2.45, 2.75) is 51.2 Å². The molecule has 0 unspecified atom stereocenters. The summed E-state index contributed by atoms with van der Waals surface area (Å²) in [4.78, 5) is 15.3. The monoisotopic (exact) mass is 340 g/mol. The van der Waals surface area contributed by atoms with Gasteiger partial charge in [0.05, 0.1) is 12.5 Å². The van der Waals surface area contributed by atoms with Crippen LogP contribution in [0, 0.1) is 5.92 Å². The van der Waals surface area contributed by atoms with E-state index in [2.05, 4.69) is 44.7 Å². The number of carbonyl (C=O) groups is 1. The smallest absolute Gasteiger partial charge is 0.235 e. The first kappa shape index (κ1) is 16.3. The number of carbonyl (C=O) groups excluding carboxylic acids is 1. The largest absolute Gasteiger partial charge is 0.423 e. The van der Waals surface area contributed by atoms with Crippen LogP contribution in [0.2, 0.25) is 0 Å². The number of rotatable bonds is 5. The third-order valence-corrected chi connectivity index (χ3v) is 5.43. The van der Waals surface area contributed by atoms with Crippen LogP contribution < -0.4 is 5.32 Å². The highest BCUT2D eigenvalue weighted by molar-refractivity contribution is 5.80. The van der Waals surface area contributed by atoms with Crippen LogP contribution in [0.5, 0.6) is 0 Å². The van der Waals surface area contributed by atoms with Gasteiger partial charge in [-0.05, 0) is 31.4 Å². The molecule has 3 atom stereocenters. The summed E-state index contributed by atoms with van der Waals surface area (Å²) in [6.45, 7) is 3.36. The van der Waals surface area contributed by atoms with Gasteiger partial charge in [-0.3, -0.25) is 9.69 Å². The van der Waals surface area contributed by atoms with Gasteiger partial charge in [-0.25, -0.2) is 0 Å². The van der Waals surface area contributed by atoms with Crippen LogP contribution in [0.25, 0.3) is 0 Å². The minimum absolute atomic E-state index is 0.0290. The van der Waals surface area contributed by atoms with Crippen LogP contribution in [0.3, 0.4) is 0 Å². The number of benzene rings is 1. The van der Waals surface area contributed by atoms with E-state index in [-0.39, 0.29) is 11.8 Å². The maximum absolute atomic E-state index is 12.8. The van der Waals surface area contributed by atoms with E-state index < -0.39 is 0 Å². The molecule has 2 aliphatic rings. The minimum Gasteiger partial charge on any atom is -0.423 e. The predicted molar refractivity (Wildman–Crippen MR) is 92.5 cm³/mol. The normalized spacial score (nSPS) is 25.9. The first-order chi connectivity index (χ1) is 12.3. The second-order valence-corrected chi connectivity index (χ2v) is 6.88. The van der Waals surface area contributed by atoms with Gasteiger partial charge >= 0.3 is 0 Å². The molecule has 2 aliphatic heterocycles. The molecule has 0 radical (unpaired) electrons. The van der Waals surface area contributed by atoms with Crippen molar-refractivity contribution in [2.24, 2.45) is 5.92 Å². The molecule has 1 amide bonds. The molecular formula is C19H24N4O2. The molecule has 6 heteroatoms. The Hall–Kier alpha value is -2.21. The van der Waals surface area contributed by atoms with Gasteiger partial charge in [0, 0.05) is 18.5 Å². The molecule has 132 valence electrons. The van der Waals surface area contributed by atoms with Crippen LogP contribution >= 0.6 is 0 Å². The molecule has 2 fully saturated rings. The first-order valence-electron chi connectivity index (χ1n) is 9.16. The second-order valence-electron chi connectivity index (χ2n) is 6.88. The maximum Gasteiger partial charge on any atom is 0.235 e. The Kier molecular flexibility index (Phi) is 4.53. The predicted octanol–water partition coefficient (Wildman–Crippen LogP) is 2.47. The minimum atomic E-state index is 0.0290. The van der Waals surface area contributed by atoms with E-state index in [1.807, 2.05) is 13.0 Å². The van der Waals surface area contributed by atoms with E-state index in [9.17, 15) is 4.79 Å². The molecule has 6 nitrogen and oxygen atoms in total. The molecule has 1 N–H and O–H groups in total. The Morgan fingerprint density at radius 3 is 2.84 bits per heavy atom. The highest BCUT2D eigenvalue weighted by Gasteiger charge is 2.46. The molecule has 0 saturated carbocycles. The quantitative estimate of drug-likeness (QED) is 0.905. The highest BCUT2D eigenvalue weighted by Crippen LogP contribution is 2.44. The van der Waals surface area contributed by atoms with E-state index in [1.165, 1.54) is 12.0 Å². The third kappa shape index (κ3) is 3.18. The molecule has 0 spiro atoms. The number of amides is 1. The summed E-state index contributed by atoms with van der Waals surface area (Å²) in [6.07, 6.45) is 3.85. The van der Waals surface area contributed by atoms with Crippen molar-refractivity contribution in [1.82, 2.24) is 20.4 Å². The number of nitrogens with one attached hydrogen (secondary N) is 1. The van der Waals surface area contributed by atoms with E-state index in [1.54, 1.807) is 0 Å². The summed E-state index contributed by atoms with van der Waals surface area (Å²) < 4.78 is 5.48. The fraction of sp³-hybridized carbons (Fsp3) is 0.526. The lowest BCUT2D eigenvalue weighted by Crippen LogP contribution is -2.37. The zero-order chi connectivity index (χ0) is 17.2. The summed E-state index contributed by atoms with van der Waals surface area (Å²) in [5.41, 5.74) is 1.31. The number of aryl methyl sites for hydroxylation is 1. The molecule has 2 saturated heterocycles. The van der Waals surface area contributed by atoms with Crippen molar-refractivity contribution in [2.75, 3.05) is 6.54 Å². The van der Waals surface area contributed by atoms with Gasteiger partial charge in [-0.2, -0.15) is 0 Å². The molecule has 1 aromatic heterocycles. The summed E-state index contributed by atoms with van der Waals surface area (Å²) in [5, 5.41) is 10.9. The summed E-state index contributed by atoms with van der Waals surface area (Å²) >= 11 is 0. The van der Waals surface area contributed by atoms with E-state index >= 15 is 0 Å². The fourth-order valence-electron chi connectivity index (χ4n) is 4.25. The Morgan fingerprint density at radius 1 is 1.28 bits per heavy atom. The van der Waals surface area contributed by atoms with Gasteiger partial charge in [0.2, 0.25) is 17.7 Å². The van der Waals surface area contributed by atoms with Crippen LogP contribution in [0.1, 0.15) is 49.6 Å². The second kappa shape index (κ2) is 6.96. The van der Waals surface area contributed by atoms with Gasteiger partial charge < -0.3 is 9.73 Å². The topological polar surface area (TPSA) is 71.3 Å². The SMILES string of the molecule is CCc1nnc(CNC(=O)[C@@H]2C[C@H](c3ccccc3)N3CCC[C@@H]23)o1. The Morgan fingerprint density at radius 2 is 2.08 bits per heavy atom. The molecule has 1 aromatic carbocycles. The number of hydrogen-bond acceptors (Lipinski definition) is 5. The summed E-state index contributed by atoms with van der Waals surface area (Å²) in [6, 6.07) is 11.2. The standard InChI is InChI=1S/C19H24N4O2/c1-2-17-21-22-18(25-17)12-20-19(24)14-11-16(13-7-4-3-5-8-13)23-10-6-9-15(14)23/h3-5,7-8,14-16H,2,6,9-12H2,1H3,(H,20,24)/t14-,15+,16-/m1/s1. The number of fused-ring (bicyclic) bond motifs is 1. The molecule has 25 heavy (non-hydrogen) atoms. The van der Waals surface area contributed by atoms with E-state index in [0.717, 1.165) is 19.4 Å². The van der Waals surface area contributed by atoms with Crippen molar-refractivity contribution in [3.05, 3.63) is 47.7 Å². The lowest BCUT2D eigenvalue weighted by molar-refractivity contribution is -0.125. The van der Waals surface area contributed by atoms with Crippen LogP contribution in [0.15, 0.2) is 34.7 Å². The van der Waals surface area contributed by atoms with Gasteiger partial charge in [-0.1, -0.05) is 37.3 Å². The molecular weight excluding hydrogens is 316 g/mol. The Balaban J connectivity index is 1.43. The Labute approximate surface area is 147 Å². The third-order valence-electron chi connectivity index (χ3n) is 5.43. The van der Waals surface area contributed by atoms with Crippen molar-refractivity contribution in [3.8, 4) is 0 Å². The molecule has 0 aliphatic carbocycles. The molecule has 3 heterocycles. The fourth-order valence-corrected chi connectivity index (χ4v) is 4.25. The zero-order valence-corrected chi connectivity index (χ0v) is 14.5. The molecule has 2 aromatic rings. The van der Waals surface area contributed by atoms with Gasteiger partial charge in [0.15, 0.2) is 0 Å². The van der Waals surface area contributed by atoms with Crippen LogP contribution in [-0.4, -0.2) is 33.6 Å². The van der Waals surface area contributed by atoms with Crippen molar-refractivity contribution >= 4 is 5.91 Å². The van der Waals surface area contributed by atoms with Crippen molar-refractivity contribution < 1.29 is 9.21 Å². The van der Waals surface area contributed by atoms with Gasteiger partial charge in [-0.15, -0.1) is 10.2 Å². The molecule has 0 bridgehead atoms. The van der Waals surface area contributed by atoms with Crippen LogP contribution in [-0.2, 0) is 17.8 Å². The van der Waals surface area contributed by atoms with E-state index in [4.69, 9.17) is 4.42 Å². The average molecular weight is 340 g/mol. The van der Waals surface area contributed by atoms with E-state index in [0.29, 0.717) is 36.8 Å². The highest BCUT2D eigenvalue weighted by atomic mass is 16.4. The first-order valence-corrected chi connectivity index (χ1v) is 9.16. The number of hydrogen-bond donors (Lipinski definition) is 1. The van der Waals surface area contributed by atoms with Crippen molar-refractivity contribution in [1.29, 1.82) is 0 Å². The van der Waals surface area contributed by atoms with Crippen molar-refractivity contribution in [3.63, 3.8) is 0 Å². The summed E-state index contributed by atoms with van der Waals surface area (Å²) in [7, 11) is 0.